The quantitative estimate of drug-likeness (QED) is 0.821. The summed E-state index contributed by atoms with van der Waals surface area (Å²) in [7, 11) is 0. The van der Waals surface area contributed by atoms with Crippen LogP contribution in [0, 0.1) is 0 Å². The first kappa shape index (κ1) is 14.5. The Labute approximate surface area is 114 Å². The van der Waals surface area contributed by atoms with Crippen LogP contribution in [-0.4, -0.2) is 37.3 Å². The van der Waals surface area contributed by atoms with Gasteiger partial charge in [-0.3, -0.25) is 0 Å². The van der Waals surface area contributed by atoms with Crippen molar-refractivity contribution >= 4 is 0 Å². The predicted octanol–water partition coefficient (Wildman–Crippen LogP) is 2.11. The van der Waals surface area contributed by atoms with Gasteiger partial charge in [-0.1, -0.05) is 30.3 Å². The maximum Gasteiger partial charge on any atom is 0.157 e. The highest BCUT2D eigenvalue weighted by Crippen LogP contribution is 2.14. The molecule has 0 saturated carbocycles. The van der Waals surface area contributed by atoms with Crippen LogP contribution in [0.4, 0.5) is 0 Å². The highest BCUT2D eigenvalue weighted by atomic mass is 16.7. The van der Waals surface area contributed by atoms with E-state index in [1.54, 1.807) is 0 Å². The second kappa shape index (κ2) is 8.27. The molecule has 1 aromatic rings. The summed E-state index contributed by atoms with van der Waals surface area (Å²) in [4.78, 5) is 0. The van der Waals surface area contributed by atoms with E-state index in [0.717, 1.165) is 31.4 Å². The minimum atomic E-state index is -0.300. The average molecular weight is 266 g/mol. The third-order valence-electron chi connectivity index (χ3n) is 3.14. The molecule has 0 spiro atoms. The monoisotopic (exact) mass is 266 g/mol. The zero-order chi connectivity index (χ0) is 13.3. The summed E-state index contributed by atoms with van der Waals surface area (Å²) in [6, 6.07) is 9.91. The molecule has 1 fully saturated rings. The van der Waals surface area contributed by atoms with E-state index >= 15 is 0 Å². The molecular weight excluding hydrogens is 244 g/mol. The van der Waals surface area contributed by atoms with Gasteiger partial charge in [0.15, 0.2) is 6.29 Å². The van der Waals surface area contributed by atoms with Crippen molar-refractivity contribution in [2.45, 2.75) is 38.3 Å². The molecule has 0 aromatic heterocycles. The van der Waals surface area contributed by atoms with Gasteiger partial charge in [-0.25, -0.2) is 0 Å². The van der Waals surface area contributed by atoms with E-state index in [1.807, 2.05) is 30.3 Å². The van der Waals surface area contributed by atoms with E-state index in [0.29, 0.717) is 13.2 Å². The van der Waals surface area contributed by atoms with Crippen LogP contribution in [0.5, 0.6) is 0 Å². The molecular formula is C15H22O4. The lowest BCUT2D eigenvalue weighted by molar-refractivity contribution is -0.184. The van der Waals surface area contributed by atoms with Gasteiger partial charge < -0.3 is 19.3 Å². The highest BCUT2D eigenvalue weighted by Gasteiger charge is 2.17. The van der Waals surface area contributed by atoms with Crippen LogP contribution >= 0.6 is 0 Å². The molecule has 0 radical (unpaired) electrons. The summed E-state index contributed by atoms with van der Waals surface area (Å²) in [6.45, 7) is 1.58. The standard InChI is InChI=1S/C15H22O4/c16-10-14(12-19-15-8-4-5-9-17-15)18-11-13-6-2-1-3-7-13/h1-3,6-7,14-16H,4-5,8-12H2/t14-,15?/m1/s1. The fourth-order valence-electron chi connectivity index (χ4n) is 2.00. The molecule has 1 aromatic carbocycles. The molecule has 1 aliphatic heterocycles. The first-order valence-corrected chi connectivity index (χ1v) is 6.88. The minimum Gasteiger partial charge on any atom is -0.394 e. The van der Waals surface area contributed by atoms with Crippen molar-refractivity contribution in [2.24, 2.45) is 0 Å². The first-order valence-electron chi connectivity index (χ1n) is 6.88. The summed E-state index contributed by atoms with van der Waals surface area (Å²) in [6.07, 6.45) is 2.73. The second-order valence-corrected chi connectivity index (χ2v) is 4.73. The number of rotatable bonds is 7. The minimum absolute atomic E-state index is 0.0421. The van der Waals surface area contributed by atoms with Gasteiger partial charge in [0.05, 0.1) is 19.8 Å². The fourth-order valence-corrected chi connectivity index (χ4v) is 2.00. The molecule has 4 nitrogen and oxygen atoms in total. The number of aliphatic hydroxyl groups is 1. The third-order valence-corrected chi connectivity index (χ3v) is 3.14. The van der Waals surface area contributed by atoms with Crippen molar-refractivity contribution < 1.29 is 19.3 Å². The van der Waals surface area contributed by atoms with Crippen LogP contribution in [0.2, 0.25) is 0 Å². The van der Waals surface area contributed by atoms with Crippen molar-refractivity contribution in [3.05, 3.63) is 35.9 Å². The number of ether oxygens (including phenoxy) is 3. The van der Waals surface area contributed by atoms with Crippen molar-refractivity contribution in [1.29, 1.82) is 0 Å². The number of benzene rings is 1. The van der Waals surface area contributed by atoms with Gasteiger partial charge in [-0.2, -0.15) is 0 Å². The van der Waals surface area contributed by atoms with Gasteiger partial charge in [-0.15, -0.1) is 0 Å². The predicted molar refractivity (Wildman–Crippen MR) is 71.6 cm³/mol. The molecule has 4 heteroatoms. The largest absolute Gasteiger partial charge is 0.394 e. The first-order chi connectivity index (χ1) is 9.38. The summed E-state index contributed by atoms with van der Waals surface area (Å²) >= 11 is 0. The fraction of sp³-hybridized carbons (Fsp3) is 0.600. The summed E-state index contributed by atoms with van der Waals surface area (Å²) in [5.74, 6) is 0. The van der Waals surface area contributed by atoms with Gasteiger partial charge in [0, 0.05) is 6.61 Å². The molecule has 1 unspecified atom stereocenters. The van der Waals surface area contributed by atoms with Crippen LogP contribution < -0.4 is 0 Å². The van der Waals surface area contributed by atoms with Crippen LogP contribution in [0.15, 0.2) is 30.3 Å². The molecule has 1 aliphatic rings. The molecule has 0 aliphatic carbocycles. The van der Waals surface area contributed by atoms with Crippen molar-refractivity contribution in [3.8, 4) is 0 Å². The molecule has 1 N–H and O–H groups in total. The van der Waals surface area contributed by atoms with Gasteiger partial charge in [0.1, 0.15) is 6.10 Å². The van der Waals surface area contributed by atoms with Gasteiger partial charge in [0.25, 0.3) is 0 Å². The molecule has 106 valence electrons. The van der Waals surface area contributed by atoms with Crippen LogP contribution in [0.3, 0.4) is 0 Å². The van der Waals surface area contributed by atoms with E-state index in [4.69, 9.17) is 14.2 Å². The van der Waals surface area contributed by atoms with Crippen molar-refractivity contribution in [3.63, 3.8) is 0 Å². The van der Waals surface area contributed by atoms with Crippen LogP contribution in [0.1, 0.15) is 24.8 Å². The van der Waals surface area contributed by atoms with Gasteiger partial charge in [-0.05, 0) is 24.8 Å². The summed E-state index contributed by atoms with van der Waals surface area (Å²) in [5.41, 5.74) is 1.09. The third kappa shape index (κ3) is 5.28. The number of aliphatic hydroxyl groups excluding tert-OH is 1. The van der Waals surface area contributed by atoms with E-state index < -0.39 is 0 Å². The van der Waals surface area contributed by atoms with E-state index in [-0.39, 0.29) is 19.0 Å². The van der Waals surface area contributed by atoms with E-state index in [9.17, 15) is 5.11 Å². The Balaban J connectivity index is 1.67. The maximum absolute atomic E-state index is 9.29. The molecule has 1 saturated heterocycles. The van der Waals surface area contributed by atoms with Crippen molar-refractivity contribution in [2.75, 3.05) is 19.8 Å². The Kier molecular flexibility index (Phi) is 6.30. The molecule has 1 heterocycles. The molecule has 2 rings (SSSR count). The second-order valence-electron chi connectivity index (χ2n) is 4.73. The van der Waals surface area contributed by atoms with Gasteiger partial charge >= 0.3 is 0 Å². The SMILES string of the molecule is OC[C@H](COC1CCCCO1)OCc1ccccc1. The Bertz CT molecular complexity index is 335. The lowest BCUT2D eigenvalue weighted by Gasteiger charge is -2.25. The Morgan fingerprint density at radius 1 is 1.26 bits per heavy atom. The molecule has 0 amide bonds. The van der Waals surface area contributed by atoms with Gasteiger partial charge in [0.2, 0.25) is 0 Å². The summed E-state index contributed by atoms with van der Waals surface area (Å²) in [5, 5.41) is 9.29. The highest BCUT2D eigenvalue weighted by molar-refractivity contribution is 5.13. The average Bonchev–Trinajstić information content (AvgIpc) is 2.49. The maximum atomic E-state index is 9.29. The molecule has 0 bridgehead atoms. The normalized spacial score (nSPS) is 21.2. The Morgan fingerprint density at radius 3 is 2.79 bits per heavy atom. The molecule has 19 heavy (non-hydrogen) atoms. The Hall–Kier alpha value is -0.940. The summed E-state index contributed by atoms with van der Waals surface area (Å²) < 4.78 is 16.7. The zero-order valence-corrected chi connectivity index (χ0v) is 11.2. The van der Waals surface area contributed by atoms with Crippen molar-refractivity contribution in [1.82, 2.24) is 0 Å². The lowest BCUT2D eigenvalue weighted by atomic mass is 10.2. The molecule has 2 atom stereocenters. The van der Waals surface area contributed by atoms with E-state index in [1.165, 1.54) is 0 Å². The zero-order valence-electron chi connectivity index (χ0n) is 11.2. The smallest absolute Gasteiger partial charge is 0.157 e. The number of hydrogen-bond donors (Lipinski definition) is 1. The Morgan fingerprint density at radius 2 is 2.11 bits per heavy atom. The number of hydrogen-bond acceptors (Lipinski definition) is 4. The topological polar surface area (TPSA) is 47.9 Å². The lowest BCUT2D eigenvalue weighted by Crippen LogP contribution is -2.30. The van der Waals surface area contributed by atoms with E-state index in [2.05, 4.69) is 0 Å². The van der Waals surface area contributed by atoms with Crippen LogP contribution in [-0.2, 0) is 20.8 Å². The van der Waals surface area contributed by atoms with Crippen LogP contribution in [0.25, 0.3) is 0 Å².